The molecule has 1 aromatic rings. The monoisotopic (exact) mass is 419 g/mol. The Morgan fingerprint density at radius 2 is 1.62 bits per heavy atom. The molecule has 4 amide bonds. The molecule has 0 atom stereocenters. The number of carbonyl (C=O) groups excluding carboxylic acids is 4. The second-order valence-corrected chi connectivity index (χ2v) is 8.22. The molecule has 0 unspecified atom stereocenters. The smallest absolute Gasteiger partial charge is 0.261 e. The normalized spacial score (nSPS) is 16.6. The van der Waals surface area contributed by atoms with Crippen LogP contribution in [0.25, 0.3) is 0 Å². The molecule has 7 nitrogen and oxygen atoms in total. The van der Waals surface area contributed by atoms with Gasteiger partial charge in [-0.1, -0.05) is 13.8 Å². The summed E-state index contributed by atoms with van der Waals surface area (Å²) in [5.41, 5.74) is 1.02. The molecule has 8 heteroatoms. The molecule has 0 aliphatic carbocycles. The van der Waals surface area contributed by atoms with Gasteiger partial charge in [-0.3, -0.25) is 24.1 Å². The molecule has 1 saturated heterocycles. The largest absolute Gasteiger partial charge is 0.339 e. The van der Waals surface area contributed by atoms with E-state index < -0.39 is 0 Å². The molecule has 1 fully saturated rings. The number of imide groups is 1. The fraction of sp³-hybridized carbons (Fsp3) is 0.524. The quantitative estimate of drug-likeness (QED) is 0.523. The average Bonchev–Trinajstić information content (AvgIpc) is 2.95. The van der Waals surface area contributed by atoms with Crippen molar-refractivity contribution in [2.24, 2.45) is 5.92 Å². The number of amides is 4. The number of alkyl halides is 1. The summed E-state index contributed by atoms with van der Waals surface area (Å²) >= 11 is 5.64. The van der Waals surface area contributed by atoms with E-state index in [1.165, 1.54) is 11.0 Å². The lowest BCUT2D eigenvalue weighted by atomic mass is 10.0. The number of rotatable bonds is 6. The van der Waals surface area contributed by atoms with Crippen LogP contribution in [0.2, 0.25) is 0 Å². The number of carbonyl (C=O) groups is 4. The Hall–Kier alpha value is -2.41. The minimum atomic E-state index is -0.344. The lowest BCUT2D eigenvalue weighted by Gasteiger charge is -2.35. The number of fused-ring (bicyclic) bond motifs is 1. The molecule has 3 rings (SSSR count). The van der Waals surface area contributed by atoms with Crippen molar-refractivity contribution in [3.8, 4) is 0 Å². The predicted molar refractivity (Wildman–Crippen MR) is 109 cm³/mol. The summed E-state index contributed by atoms with van der Waals surface area (Å²) in [6, 6.07) is 4.69. The third kappa shape index (κ3) is 4.45. The van der Waals surface area contributed by atoms with Crippen LogP contribution in [0.1, 0.15) is 57.8 Å². The molecule has 2 heterocycles. The van der Waals surface area contributed by atoms with Gasteiger partial charge in [0.15, 0.2) is 0 Å². The van der Waals surface area contributed by atoms with Crippen LogP contribution in [-0.2, 0) is 4.79 Å². The van der Waals surface area contributed by atoms with Crippen molar-refractivity contribution in [2.75, 3.05) is 38.6 Å². The number of piperazine rings is 1. The van der Waals surface area contributed by atoms with Crippen LogP contribution in [-0.4, -0.2) is 76.9 Å². The number of hydrogen-bond acceptors (Lipinski definition) is 4. The van der Waals surface area contributed by atoms with Gasteiger partial charge in [-0.2, -0.15) is 0 Å². The first-order valence-corrected chi connectivity index (χ1v) is 10.5. The molecule has 2 aliphatic rings. The van der Waals surface area contributed by atoms with Gasteiger partial charge in [0.1, 0.15) is 0 Å². The minimum Gasteiger partial charge on any atom is -0.339 e. The zero-order chi connectivity index (χ0) is 21.1. The second kappa shape index (κ2) is 8.95. The highest BCUT2D eigenvalue weighted by Crippen LogP contribution is 2.25. The van der Waals surface area contributed by atoms with Crippen LogP contribution >= 0.6 is 11.6 Å². The van der Waals surface area contributed by atoms with Crippen molar-refractivity contribution < 1.29 is 19.2 Å². The van der Waals surface area contributed by atoms with Gasteiger partial charge >= 0.3 is 0 Å². The van der Waals surface area contributed by atoms with E-state index in [1.807, 2.05) is 13.8 Å². The Bertz CT molecular complexity index is 831. The Morgan fingerprint density at radius 1 is 1.00 bits per heavy atom. The van der Waals surface area contributed by atoms with Gasteiger partial charge in [-0.15, -0.1) is 11.6 Å². The van der Waals surface area contributed by atoms with Gasteiger partial charge in [0, 0.05) is 50.6 Å². The first-order valence-electron chi connectivity index (χ1n) is 9.96. The molecule has 156 valence electrons. The summed E-state index contributed by atoms with van der Waals surface area (Å²) in [6.45, 7) is 6.09. The number of nitrogens with zero attached hydrogens (tertiary/aromatic N) is 3. The van der Waals surface area contributed by atoms with E-state index in [1.54, 1.807) is 21.9 Å². The Balaban J connectivity index is 1.67. The first-order chi connectivity index (χ1) is 13.8. The van der Waals surface area contributed by atoms with Crippen molar-refractivity contribution in [2.45, 2.75) is 26.7 Å². The molecule has 0 spiro atoms. The van der Waals surface area contributed by atoms with Gasteiger partial charge in [0.05, 0.1) is 11.1 Å². The van der Waals surface area contributed by atoms with Gasteiger partial charge < -0.3 is 9.80 Å². The first kappa shape index (κ1) is 21.3. The zero-order valence-electron chi connectivity index (χ0n) is 16.8. The van der Waals surface area contributed by atoms with Crippen LogP contribution in [0.4, 0.5) is 0 Å². The fourth-order valence-electron chi connectivity index (χ4n) is 3.67. The van der Waals surface area contributed by atoms with E-state index in [9.17, 15) is 19.2 Å². The zero-order valence-corrected chi connectivity index (χ0v) is 17.6. The van der Waals surface area contributed by atoms with Gasteiger partial charge in [0.25, 0.3) is 17.7 Å². The average molecular weight is 420 g/mol. The lowest BCUT2D eigenvalue weighted by Crippen LogP contribution is -2.50. The Morgan fingerprint density at radius 3 is 2.24 bits per heavy atom. The van der Waals surface area contributed by atoms with Gasteiger partial charge in [-0.05, 0) is 30.5 Å². The van der Waals surface area contributed by atoms with Gasteiger partial charge in [-0.25, -0.2) is 0 Å². The molecule has 2 aliphatic heterocycles. The summed E-state index contributed by atoms with van der Waals surface area (Å²) in [4.78, 5) is 54.8. The van der Waals surface area contributed by atoms with Crippen LogP contribution in [0.5, 0.6) is 0 Å². The third-order valence-corrected chi connectivity index (χ3v) is 5.48. The maximum Gasteiger partial charge on any atom is 0.261 e. The topological polar surface area (TPSA) is 78.0 Å². The standard InChI is InChI=1S/C21H26ClN3O4/c1-14(2)13-25-20(28)16-6-5-15(12-17(16)21(25)29)19(27)24-10-8-23(9-11-24)18(26)4-3-7-22/h5-6,12,14H,3-4,7-11,13H2,1-2H3. The molecule has 0 N–H and O–H groups in total. The predicted octanol–water partition coefficient (Wildman–Crippen LogP) is 2.24. The third-order valence-electron chi connectivity index (χ3n) is 5.21. The van der Waals surface area contributed by atoms with Crippen molar-refractivity contribution in [3.63, 3.8) is 0 Å². The molecule has 1 aromatic carbocycles. The molecular formula is C21H26ClN3O4. The SMILES string of the molecule is CC(C)CN1C(=O)c2ccc(C(=O)N3CCN(C(=O)CCCCl)CC3)cc2C1=O. The highest BCUT2D eigenvalue weighted by Gasteiger charge is 2.36. The minimum absolute atomic E-state index is 0.0598. The molecule has 29 heavy (non-hydrogen) atoms. The lowest BCUT2D eigenvalue weighted by molar-refractivity contribution is -0.132. The summed E-state index contributed by atoms with van der Waals surface area (Å²) in [5.74, 6) is -0.155. The highest BCUT2D eigenvalue weighted by atomic mass is 35.5. The summed E-state index contributed by atoms with van der Waals surface area (Å²) in [6.07, 6.45) is 1.07. The highest BCUT2D eigenvalue weighted by molar-refractivity contribution is 6.22. The summed E-state index contributed by atoms with van der Waals surface area (Å²) in [7, 11) is 0. The van der Waals surface area contributed by atoms with Crippen LogP contribution < -0.4 is 0 Å². The van der Waals surface area contributed by atoms with E-state index in [0.29, 0.717) is 62.6 Å². The molecule has 0 radical (unpaired) electrons. The summed E-state index contributed by atoms with van der Waals surface area (Å²) < 4.78 is 0. The van der Waals surface area contributed by atoms with E-state index >= 15 is 0 Å². The van der Waals surface area contributed by atoms with E-state index in [0.717, 1.165) is 0 Å². The number of benzene rings is 1. The van der Waals surface area contributed by atoms with E-state index in [4.69, 9.17) is 11.6 Å². The molecule has 0 saturated carbocycles. The maximum absolute atomic E-state index is 12.9. The van der Waals surface area contributed by atoms with Crippen molar-refractivity contribution in [1.29, 1.82) is 0 Å². The van der Waals surface area contributed by atoms with Crippen LogP contribution in [0.15, 0.2) is 18.2 Å². The molecule has 0 bridgehead atoms. The second-order valence-electron chi connectivity index (χ2n) is 7.84. The Labute approximate surface area is 175 Å². The molecular weight excluding hydrogens is 394 g/mol. The molecule has 0 aromatic heterocycles. The van der Waals surface area contributed by atoms with Gasteiger partial charge in [0.2, 0.25) is 5.91 Å². The maximum atomic E-state index is 12.9. The Kier molecular flexibility index (Phi) is 6.57. The van der Waals surface area contributed by atoms with E-state index in [2.05, 4.69) is 0 Å². The van der Waals surface area contributed by atoms with E-state index in [-0.39, 0.29) is 35.1 Å². The van der Waals surface area contributed by atoms with Crippen molar-refractivity contribution >= 4 is 35.2 Å². The van der Waals surface area contributed by atoms with Crippen LogP contribution in [0.3, 0.4) is 0 Å². The van der Waals surface area contributed by atoms with Crippen molar-refractivity contribution in [3.05, 3.63) is 34.9 Å². The summed E-state index contributed by atoms with van der Waals surface area (Å²) in [5, 5.41) is 0. The number of hydrogen-bond donors (Lipinski definition) is 0. The van der Waals surface area contributed by atoms with Crippen molar-refractivity contribution in [1.82, 2.24) is 14.7 Å². The van der Waals surface area contributed by atoms with Crippen LogP contribution in [0, 0.1) is 5.92 Å². The number of halogens is 1. The fourth-order valence-corrected chi connectivity index (χ4v) is 3.81.